The summed E-state index contributed by atoms with van der Waals surface area (Å²) < 4.78 is 0. The van der Waals surface area contributed by atoms with Gasteiger partial charge in [-0.05, 0) is 48.6 Å². The number of para-hydroxylation sites is 1. The summed E-state index contributed by atoms with van der Waals surface area (Å²) in [4.78, 5) is 39.2. The van der Waals surface area contributed by atoms with Gasteiger partial charge in [-0.25, -0.2) is 4.79 Å². The maximum absolute atomic E-state index is 13.1. The van der Waals surface area contributed by atoms with Gasteiger partial charge in [0.1, 0.15) is 12.1 Å². The second-order valence-electron chi connectivity index (χ2n) is 8.82. The van der Waals surface area contributed by atoms with Gasteiger partial charge >= 0.3 is 6.03 Å². The number of imide groups is 1. The maximum atomic E-state index is 13.1. The number of nitrogens with one attached hydrogen (secondary N) is 2. The van der Waals surface area contributed by atoms with Gasteiger partial charge in [0.2, 0.25) is 5.91 Å². The van der Waals surface area contributed by atoms with Gasteiger partial charge in [0.05, 0.1) is 0 Å². The molecule has 146 valence electrons. The summed E-state index contributed by atoms with van der Waals surface area (Å²) in [5.41, 5.74) is 0.834. The van der Waals surface area contributed by atoms with E-state index in [0.29, 0.717) is 18.8 Å². The van der Waals surface area contributed by atoms with Gasteiger partial charge in [0, 0.05) is 5.69 Å². The summed E-state index contributed by atoms with van der Waals surface area (Å²) >= 11 is 0. The number of hydrogen-bond donors (Lipinski definition) is 2. The van der Waals surface area contributed by atoms with Gasteiger partial charge in [0.25, 0.3) is 5.91 Å². The lowest BCUT2D eigenvalue weighted by molar-refractivity contribution is -0.136. The van der Waals surface area contributed by atoms with Crippen molar-refractivity contribution in [3.05, 3.63) is 29.8 Å². The van der Waals surface area contributed by atoms with Crippen LogP contribution in [0.15, 0.2) is 24.3 Å². The Balaban J connectivity index is 1.73. The Bertz CT molecular complexity index is 774. The predicted molar refractivity (Wildman–Crippen MR) is 104 cm³/mol. The molecule has 2 N–H and O–H groups in total. The van der Waals surface area contributed by atoms with Crippen molar-refractivity contribution in [3.63, 3.8) is 0 Å². The van der Waals surface area contributed by atoms with Crippen LogP contribution in [0.4, 0.5) is 10.5 Å². The first-order chi connectivity index (χ1) is 12.7. The zero-order chi connectivity index (χ0) is 19.8. The molecule has 27 heavy (non-hydrogen) atoms. The molecular weight excluding hydrogens is 342 g/mol. The summed E-state index contributed by atoms with van der Waals surface area (Å²) in [7, 11) is 0. The standard InChI is InChI=1S/C21H29N3O3/c1-5-15-8-6-7-9-16(15)22-17(25)12-24-18(26)21(23-19(24)27)11-14(2)10-20(3,4)13-21/h6-9,14H,5,10-13H2,1-4H3,(H,22,25)(H,23,27)/t14-,21+/m0/s1. The van der Waals surface area contributed by atoms with E-state index in [9.17, 15) is 14.4 Å². The van der Waals surface area contributed by atoms with Crippen molar-refractivity contribution >= 4 is 23.5 Å². The van der Waals surface area contributed by atoms with E-state index < -0.39 is 11.6 Å². The van der Waals surface area contributed by atoms with E-state index >= 15 is 0 Å². The lowest BCUT2D eigenvalue weighted by Gasteiger charge is -2.43. The van der Waals surface area contributed by atoms with Crippen LogP contribution in [0.5, 0.6) is 0 Å². The third kappa shape index (κ3) is 3.84. The molecule has 1 aliphatic heterocycles. The fourth-order valence-corrected chi connectivity index (χ4v) is 4.93. The van der Waals surface area contributed by atoms with Crippen molar-refractivity contribution in [3.8, 4) is 0 Å². The number of carbonyl (C=O) groups is 3. The van der Waals surface area contributed by atoms with Crippen LogP contribution >= 0.6 is 0 Å². The molecule has 2 atom stereocenters. The molecule has 2 aliphatic rings. The van der Waals surface area contributed by atoms with E-state index in [0.717, 1.165) is 29.0 Å². The summed E-state index contributed by atoms with van der Waals surface area (Å²) in [6, 6.07) is 7.08. The van der Waals surface area contributed by atoms with Crippen LogP contribution in [-0.2, 0) is 16.0 Å². The highest BCUT2D eigenvalue weighted by atomic mass is 16.2. The Labute approximate surface area is 160 Å². The second-order valence-corrected chi connectivity index (χ2v) is 8.82. The summed E-state index contributed by atoms with van der Waals surface area (Å²) in [5, 5.41) is 5.74. The predicted octanol–water partition coefficient (Wildman–Crippen LogP) is 3.32. The molecule has 0 unspecified atom stereocenters. The number of carbonyl (C=O) groups excluding carboxylic acids is 3. The highest BCUT2D eigenvalue weighted by Gasteiger charge is 2.56. The number of benzene rings is 1. The second kappa shape index (κ2) is 6.98. The first-order valence-electron chi connectivity index (χ1n) is 9.68. The minimum Gasteiger partial charge on any atom is -0.324 e. The van der Waals surface area contributed by atoms with Gasteiger partial charge in [0.15, 0.2) is 0 Å². The smallest absolute Gasteiger partial charge is 0.324 e. The van der Waals surface area contributed by atoms with Crippen molar-refractivity contribution in [2.24, 2.45) is 11.3 Å². The monoisotopic (exact) mass is 371 g/mol. The molecule has 4 amide bonds. The van der Waals surface area contributed by atoms with Crippen LogP contribution in [0.3, 0.4) is 0 Å². The van der Waals surface area contributed by atoms with E-state index in [-0.39, 0.29) is 23.8 Å². The lowest BCUT2D eigenvalue weighted by Crippen LogP contribution is -2.54. The molecule has 1 spiro atoms. The van der Waals surface area contributed by atoms with Crippen LogP contribution in [0.1, 0.15) is 52.5 Å². The lowest BCUT2D eigenvalue weighted by atomic mass is 9.64. The van der Waals surface area contributed by atoms with E-state index in [1.54, 1.807) is 0 Å². The quantitative estimate of drug-likeness (QED) is 0.797. The molecule has 1 aliphatic carbocycles. The zero-order valence-electron chi connectivity index (χ0n) is 16.6. The summed E-state index contributed by atoms with van der Waals surface area (Å²) in [6.45, 7) is 8.11. The first-order valence-corrected chi connectivity index (χ1v) is 9.68. The Morgan fingerprint density at radius 3 is 2.63 bits per heavy atom. The Morgan fingerprint density at radius 1 is 1.26 bits per heavy atom. The third-order valence-corrected chi connectivity index (χ3v) is 5.60. The minimum atomic E-state index is -0.875. The van der Waals surface area contributed by atoms with E-state index in [2.05, 4.69) is 31.4 Å². The minimum absolute atomic E-state index is 0.0288. The van der Waals surface area contributed by atoms with Crippen molar-refractivity contribution in [1.29, 1.82) is 0 Å². The molecule has 2 fully saturated rings. The number of hydrogen-bond acceptors (Lipinski definition) is 3. The first kappa shape index (κ1) is 19.4. The number of nitrogens with zero attached hydrogens (tertiary/aromatic N) is 1. The van der Waals surface area contributed by atoms with Gasteiger partial charge < -0.3 is 10.6 Å². The largest absolute Gasteiger partial charge is 0.325 e. The van der Waals surface area contributed by atoms with E-state index in [4.69, 9.17) is 0 Å². The van der Waals surface area contributed by atoms with Gasteiger partial charge in [-0.1, -0.05) is 45.9 Å². The molecule has 1 aromatic rings. The molecule has 6 heteroatoms. The van der Waals surface area contributed by atoms with Crippen molar-refractivity contribution in [1.82, 2.24) is 10.2 Å². The molecule has 3 rings (SSSR count). The molecule has 1 saturated carbocycles. The average molecular weight is 371 g/mol. The van der Waals surface area contributed by atoms with Crippen LogP contribution < -0.4 is 10.6 Å². The Kier molecular flexibility index (Phi) is 5.02. The molecule has 0 aromatic heterocycles. The van der Waals surface area contributed by atoms with Crippen LogP contribution in [0.2, 0.25) is 0 Å². The number of amides is 4. The van der Waals surface area contributed by atoms with E-state index in [1.807, 2.05) is 31.2 Å². The van der Waals surface area contributed by atoms with Gasteiger partial charge in [-0.2, -0.15) is 0 Å². The fraction of sp³-hybridized carbons (Fsp3) is 0.571. The van der Waals surface area contributed by atoms with Crippen molar-refractivity contribution in [2.45, 2.75) is 58.9 Å². The number of rotatable bonds is 4. The molecule has 1 heterocycles. The van der Waals surface area contributed by atoms with Crippen LogP contribution in [0, 0.1) is 11.3 Å². The molecule has 6 nitrogen and oxygen atoms in total. The van der Waals surface area contributed by atoms with E-state index in [1.165, 1.54) is 0 Å². The van der Waals surface area contributed by atoms with Crippen LogP contribution in [-0.4, -0.2) is 34.8 Å². The molecule has 1 aromatic carbocycles. The van der Waals surface area contributed by atoms with Crippen molar-refractivity contribution in [2.75, 3.05) is 11.9 Å². The Hall–Kier alpha value is -2.37. The average Bonchev–Trinajstić information content (AvgIpc) is 2.77. The summed E-state index contributed by atoms with van der Waals surface area (Å²) in [6.07, 6.45) is 3.03. The maximum Gasteiger partial charge on any atom is 0.325 e. The van der Waals surface area contributed by atoms with Crippen LogP contribution in [0.25, 0.3) is 0 Å². The molecule has 0 bridgehead atoms. The SMILES string of the molecule is CCc1ccccc1NC(=O)CN1C(=O)N[C@@]2(C[C@@H](C)CC(C)(C)C2)C1=O. The fourth-order valence-electron chi connectivity index (χ4n) is 4.93. The number of urea groups is 1. The molecule has 1 saturated heterocycles. The Morgan fingerprint density at radius 2 is 1.96 bits per heavy atom. The molecule has 0 radical (unpaired) electrons. The van der Waals surface area contributed by atoms with Gasteiger partial charge in [-0.15, -0.1) is 0 Å². The van der Waals surface area contributed by atoms with Gasteiger partial charge in [-0.3, -0.25) is 14.5 Å². The highest BCUT2D eigenvalue weighted by molar-refractivity contribution is 6.10. The summed E-state index contributed by atoms with van der Waals surface area (Å²) in [5.74, 6) is -0.297. The molecular formula is C21H29N3O3. The third-order valence-electron chi connectivity index (χ3n) is 5.60. The number of aryl methyl sites for hydroxylation is 1. The normalized spacial score (nSPS) is 27.0. The zero-order valence-corrected chi connectivity index (χ0v) is 16.6. The van der Waals surface area contributed by atoms with Crippen molar-refractivity contribution < 1.29 is 14.4 Å². The topological polar surface area (TPSA) is 78.5 Å². The highest BCUT2D eigenvalue weighted by Crippen LogP contribution is 2.46. The number of anilines is 1.